The number of nitrogens with one attached hydrogen (secondary N) is 1. The zero-order valence-electron chi connectivity index (χ0n) is 9.44. The van der Waals surface area contributed by atoms with Gasteiger partial charge in [0.1, 0.15) is 0 Å². The average molecular weight is 219 g/mol. The Bertz CT molecular complexity index is 377. The van der Waals surface area contributed by atoms with E-state index >= 15 is 0 Å². The minimum atomic E-state index is -0.480. The molecule has 0 saturated heterocycles. The molecule has 0 radical (unpaired) electrons. The minimum absolute atomic E-state index is 0.0419. The Morgan fingerprint density at radius 2 is 2.19 bits per heavy atom. The number of aliphatic hydroxyl groups is 1. The second kappa shape index (κ2) is 4.26. The number of likely N-dealkylation sites (N-methyl/N-ethyl adjacent to an activating group) is 1. The molecule has 3 nitrogen and oxygen atoms in total. The van der Waals surface area contributed by atoms with Gasteiger partial charge in [0.15, 0.2) is 0 Å². The van der Waals surface area contributed by atoms with Crippen molar-refractivity contribution in [2.75, 3.05) is 13.2 Å². The van der Waals surface area contributed by atoms with E-state index in [2.05, 4.69) is 5.32 Å². The van der Waals surface area contributed by atoms with Crippen LogP contribution in [0.4, 0.5) is 0 Å². The third-order valence-electron chi connectivity index (χ3n) is 3.36. The number of hydrogen-bond acceptors (Lipinski definition) is 2. The summed E-state index contributed by atoms with van der Waals surface area (Å²) >= 11 is 0. The maximum Gasteiger partial charge on any atom is 0.231 e. The molecule has 1 amide bonds. The lowest BCUT2D eigenvalue weighted by Crippen LogP contribution is -2.36. The van der Waals surface area contributed by atoms with Gasteiger partial charge in [0.2, 0.25) is 5.91 Å². The first-order valence-corrected chi connectivity index (χ1v) is 5.70. The highest BCUT2D eigenvalue weighted by molar-refractivity contribution is 5.92. The molecule has 1 aliphatic carbocycles. The first-order chi connectivity index (χ1) is 7.75. The number of amides is 1. The summed E-state index contributed by atoms with van der Waals surface area (Å²) in [7, 11) is 0. The van der Waals surface area contributed by atoms with Crippen LogP contribution in [0.3, 0.4) is 0 Å². The van der Waals surface area contributed by atoms with Crippen LogP contribution in [0, 0.1) is 5.92 Å². The molecule has 0 bridgehead atoms. The first kappa shape index (κ1) is 11.1. The molecular weight excluding hydrogens is 202 g/mol. The Morgan fingerprint density at radius 3 is 2.69 bits per heavy atom. The quantitative estimate of drug-likeness (QED) is 0.796. The van der Waals surface area contributed by atoms with E-state index in [9.17, 15) is 9.90 Å². The van der Waals surface area contributed by atoms with Crippen LogP contribution in [0.25, 0.3) is 0 Å². The molecule has 1 aromatic rings. The van der Waals surface area contributed by atoms with Crippen LogP contribution in [0.1, 0.15) is 18.9 Å². The van der Waals surface area contributed by atoms with Crippen LogP contribution in [0.2, 0.25) is 0 Å². The molecule has 0 aliphatic heterocycles. The van der Waals surface area contributed by atoms with Crippen LogP contribution in [-0.2, 0) is 10.2 Å². The van der Waals surface area contributed by atoms with Crippen molar-refractivity contribution >= 4 is 5.91 Å². The van der Waals surface area contributed by atoms with Crippen molar-refractivity contribution < 1.29 is 9.90 Å². The van der Waals surface area contributed by atoms with E-state index < -0.39 is 5.41 Å². The lowest BCUT2D eigenvalue weighted by Gasteiger charge is -2.16. The van der Waals surface area contributed by atoms with Gasteiger partial charge in [-0.3, -0.25) is 4.79 Å². The summed E-state index contributed by atoms with van der Waals surface area (Å²) in [6.07, 6.45) is 0.749. The van der Waals surface area contributed by atoms with E-state index in [-0.39, 0.29) is 18.4 Å². The van der Waals surface area contributed by atoms with Gasteiger partial charge in [-0.2, -0.15) is 0 Å². The Balaban J connectivity index is 2.28. The van der Waals surface area contributed by atoms with E-state index in [4.69, 9.17) is 0 Å². The molecular formula is C13H17NO2. The van der Waals surface area contributed by atoms with E-state index in [0.29, 0.717) is 6.54 Å². The lowest BCUT2D eigenvalue weighted by molar-refractivity contribution is -0.124. The number of aliphatic hydroxyl groups excluding tert-OH is 1. The highest BCUT2D eigenvalue weighted by atomic mass is 16.3. The second-order valence-electron chi connectivity index (χ2n) is 4.28. The average Bonchev–Trinajstić information content (AvgIpc) is 3.06. The molecule has 0 heterocycles. The van der Waals surface area contributed by atoms with Crippen molar-refractivity contribution in [3.63, 3.8) is 0 Å². The zero-order valence-corrected chi connectivity index (χ0v) is 9.44. The Labute approximate surface area is 95.5 Å². The number of carbonyl (C=O) groups is 1. The summed E-state index contributed by atoms with van der Waals surface area (Å²) < 4.78 is 0. The predicted molar refractivity (Wildman–Crippen MR) is 62.0 cm³/mol. The highest BCUT2D eigenvalue weighted by Crippen LogP contribution is 2.54. The molecule has 1 aromatic carbocycles. The maximum absolute atomic E-state index is 12.1. The number of carbonyl (C=O) groups excluding carboxylic acids is 1. The summed E-state index contributed by atoms with van der Waals surface area (Å²) in [6, 6.07) is 9.73. The fraction of sp³-hybridized carbons (Fsp3) is 0.462. The summed E-state index contributed by atoms with van der Waals surface area (Å²) in [5.74, 6) is 0.113. The van der Waals surface area contributed by atoms with Crippen LogP contribution in [0.15, 0.2) is 30.3 Å². The van der Waals surface area contributed by atoms with Gasteiger partial charge in [0.25, 0.3) is 0 Å². The van der Waals surface area contributed by atoms with Gasteiger partial charge in [-0.15, -0.1) is 0 Å². The first-order valence-electron chi connectivity index (χ1n) is 5.70. The van der Waals surface area contributed by atoms with Crippen LogP contribution >= 0.6 is 0 Å². The van der Waals surface area contributed by atoms with Crippen molar-refractivity contribution in [2.24, 2.45) is 5.92 Å². The van der Waals surface area contributed by atoms with Crippen molar-refractivity contribution in [1.82, 2.24) is 5.32 Å². The van der Waals surface area contributed by atoms with Crippen molar-refractivity contribution in [2.45, 2.75) is 18.8 Å². The molecule has 3 heteroatoms. The van der Waals surface area contributed by atoms with E-state index in [1.54, 1.807) is 0 Å². The number of benzene rings is 1. The minimum Gasteiger partial charge on any atom is -0.396 e. The van der Waals surface area contributed by atoms with Crippen molar-refractivity contribution in [3.8, 4) is 0 Å². The van der Waals surface area contributed by atoms with Gasteiger partial charge in [-0.25, -0.2) is 0 Å². The smallest absolute Gasteiger partial charge is 0.231 e. The van der Waals surface area contributed by atoms with Gasteiger partial charge >= 0.3 is 0 Å². The van der Waals surface area contributed by atoms with Gasteiger partial charge in [0.05, 0.1) is 5.41 Å². The fourth-order valence-corrected chi connectivity index (χ4v) is 2.37. The highest BCUT2D eigenvalue weighted by Gasteiger charge is 2.60. The van der Waals surface area contributed by atoms with Crippen LogP contribution in [0.5, 0.6) is 0 Å². The van der Waals surface area contributed by atoms with Gasteiger partial charge < -0.3 is 10.4 Å². The largest absolute Gasteiger partial charge is 0.396 e. The summed E-state index contributed by atoms with van der Waals surface area (Å²) in [5.41, 5.74) is 0.534. The third kappa shape index (κ3) is 1.61. The molecule has 1 saturated carbocycles. The molecule has 2 unspecified atom stereocenters. The molecule has 2 rings (SSSR count). The van der Waals surface area contributed by atoms with Crippen molar-refractivity contribution in [1.29, 1.82) is 0 Å². The van der Waals surface area contributed by atoms with Crippen LogP contribution in [-0.4, -0.2) is 24.2 Å². The van der Waals surface area contributed by atoms with E-state index in [1.165, 1.54) is 0 Å². The third-order valence-corrected chi connectivity index (χ3v) is 3.36. The number of rotatable bonds is 4. The molecule has 86 valence electrons. The second-order valence-corrected chi connectivity index (χ2v) is 4.28. The van der Waals surface area contributed by atoms with Gasteiger partial charge in [-0.05, 0) is 18.9 Å². The standard InChI is InChI=1S/C13H17NO2/c1-2-14-12(16)13(8-11(13)9-15)10-6-4-3-5-7-10/h3-7,11,15H,2,8-9H2,1H3,(H,14,16). The zero-order chi connectivity index (χ0) is 11.6. The predicted octanol–water partition coefficient (Wildman–Crippen LogP) is 1.07. The monoisotopic (exact) mass is 219 g/mol. The Hall–Kier alpha value is -1.35. The Kier molecular flexibility index (Phi) is 2.97. The molecule has 1 aliphatic rings. The molecule has 2 N–H and O–H groups in total. The Morgan fingerprint density at radius 1 is 1.50 bits per heavy atom. The topological polar surface area (TPSA) is 49.3 Å². The van der Waals surface area contributed by atoms with E-state index in [0.717, 1.165) is 12.0 Å². The van der Waals surface area contributed by atoms with E-state index in [1.807, 2.05) is 37.3 Å². The number of hydrogen-bond donors (Lipinski definition) is 2. The summed E-state index contributed by atoms with van der Waals surface area (Å²) in [6.45, 7) is 2.62. The molecule has 0 aromatic heterocycles. The van der Waals surface area contributed by atoms with Crippen LogP contribution < -0.4 is 5.32 Å². The summed E-state index contributed by atoms with van der Waals surface area (Å²) in [5, 5.41) is 12.1. The molecule has 1 fully saturated rings. The SMILES string of the molecule is CCNC(=O)C1(c2ccccc2)CC1CO. The van der Waals surface area contributed by atoms with Gasteiger partial charge in [0, 0.05) is 19.1 Å². The fourth-order valence-electron chi connectivity index (χ4n) is 2.37. The lowest BCUT2D eigenvalue weighted by atomic mass is 9.92. The molecule has 0 spiro atoms. The van der Waals surface area contributed by atoms with Gasteiger partial charge in [-0.1, -0.05) is 30.3 Å². The molecule has 16 heavy (non-hydrogen) atoms. The maximum atomic E-state index is 12.1. The normalized spacial score (nSPS) is 27.5. The summed E-state index contributed by atoms with van der Waals surface area (Å²) in [4.78, 5) is 12.1. The molecule has 2 atom stereocenters. The van der Waals surface area contributed by atoms with Crippen molar-refractivity contribution in [3.05, 3.63) is 35.9 Å².